The third-order valence-corrected chi connectivity index (χ3v) is 4.99. The van der Waals surface area contributed by atoms with E-state index in [4.69, 9.17) is 4.52 Å². The Kier molecular flexibility index (Phi) is 4.05. The van der Waals surface area contributed by atoms with Gasteiger partial charge in [0.2, 0.25) is 11.7 Å². The molecule has 7 nitrogen and oxygen atoms in total. The number of carbonyl (C=O) groups excluding carboxylic acids is 1. The summed E-state index contributed by atoms with van der Waals surface area (Å²) in [5.74, 6) is 0.954. The highest BCUT2D eigenvalue weighted by molar-refractivity contribution is 5.97. The first-order valence-electron chi connectivity index (χ1n) is 9.20. The van der Waals surface area contributed by atoms with Crippen LogP contribution in [-0.2, 0) is 0 Å². The van der Waals surface area contributed by atoms with E-state index < -0.39 is 0 Å². The summed E-state index contributed by atoms with van der Waals surface area (Å²) < 4.78 is 5.51. The lowest BCUT2D eigenvalue weighted by atomic mass is 10.1. The number of fused-ring (bicyclic) bond motifs is 1. The molecule has 4 aromatic rings. The molecule has 1 unspecified atom stereocenters. The molecule has 0 bridgehead atoms. The van der Waals surface area contributed by atoms with Crippen molar-refractivity contribution in [2.75, 3.05) is 6.54 Å². The number of hydrogen-bond acceptors (Lipinski definition) is 6. The number of nitrogens with zero attached hydrogens (tertiary/aromatic N) is 5. The van der Waals surface area contributed by atoms with Crippen LogP contribution in [-0.4, -0.2) is 37.5 Å². The van der Waals surface area contributed by atoms with Crippen LogP contribution < -0.4 is 0 Å². The SMILES string of the molecule is O=C(c1ccc2nccnc2c1)N1CCCC1c1nc(-c2ccccc2)no1. The van der Waals surface area contributed by atoms with Crippen molar-refractivity contribution >= 4 is 16.9 Å². The number of aromatic nitrogens is 4. The lowest BCUT2D eigenvalue weighted by molar-refractivity contribution is 0.0710. The van der Waals surface area contributed by atoms with Gasteiger partial charge in [-0.3, -0.25) is 14.8 Å². The van der Waals surface area contributed by atoms with Crippen molar-refractivity contribution in [3.63, 3.8) is 0 Å². The van der Waals surface area contributed by atoms with Crippen molar-refractivity contribution in [2.45, 2.75) is 18.9 Å². The zero-order valence-corrected chi connectivity index (χ0v) is 15.0. The van der Waals surface area contributed by atoms with Gasteiger partial charge in [-0.15, -0.1) is 0 Å². The molecule has 1 aliphatic heterocycles. The fourth-order valence-corrected chi connectivity index (χ4v) is 3.60. The fourth-order valence-electron chi connectivity index (χ4n) is 3.60. The topological polar surface area (TPSA) is 85.0 Å². The lowest BCUT2D eigenvalue weighted by Gasteiger charge is -2.22. The number of amides is 1. The smallest absolute Gasteiger partial charge is 0.254 e. The van der Waals surface area contributed by atoms with Gasteiger partial charge in [0, 0.05) is 30.1 Å². The highest BCUT2D eigenvalue weighted by Gasteiger charge is 2.34. The normalized spacial score (nSPS) is 16.6. The van der Waals surface area contributed by atoms with Crippen LogP contribution >= 0.6 is 0 Å². The maximum atomic E-state index is 13.1. The summed E-state index contributed by atoms with van der Waals surface area (Å²) >= 11 is 0. The molecule has 2 aromatic carbocycles. The first kappa shape index (κ1) is 16.6. The quantitative estimate of drug-likeness (QED) is 0.546. The van der Waals surface area contributed by atoms with E-state index in [1.165, 1.54) is 0 Å². The molecule has 0 spiro atoms. The average Bonchev–Trinajstić information content (AvgIpc) is 3.43. The standard InChI is InChI=1S/C21H17N5O2/c27-21(15-8-9-16-17(13-15)23-11-10-22-16)26-12-4-7-18(26)20-24-19(25-28-20)14-5-2-1-3-6-14/h1-3,5-6,8-11,13,18H,4,7,12H2. The van der Waals surface area contributed by atoms with Crippen LogP contribution in [0.25, 0.3) is 22.4 Å². The van der Waals surface area contributed by atoms with Crippen LogP contribution in [0.3, 0.4) is 0 Å². The van der Waals surface area contributed by atoms with Gasteiger partial charge in [0.1, 0.15) is 6.04 Å². The van der Waals surface area contributed by atoms with Crippen molar-refractivity contribution in [1.29, 1.82) is 0 Å². The number of likely N-dealkylation sites (tertiary alicyclic amines) is 1. The Morgan fingerprint density at radius 2 is 1.86 bits per heavy atom. The van der Waals surface area contributed by atoms with Crippen LogP contribution in [0.5, 0.6) is 0 Å². The summed E-state index contributed by atoms with van der Waals surface area (Å²) in [5.41, 5.74) is 2.94. The molecule has 0 saturated carbocycles. The van der Waals surface area contributed by atoms with Crippen LogP contribution in [0.15, 0.2) is 65.4 Å². The fraction of sp³-hybridized carbons (Fsp3) is 0.190. The van der Waals surface area contributed by atoms with Crippen molar-refractivity contribution in [3.05, 3.63) is 72.4 Å². The Hall–Kier alpha value is -3.61. The first-order chi connectivity index (χ1) is 13.8. The van der Waals surface area contributed by atoms with E-state index in [-0.39, 0.29) is 11.9 Å². The predicted molar refractivity (Wildman–Crippen MR) is 102 cm³/mol. The third-order valence-electron chi connectivity index (χ3n) is 4.99. The zero-order chi connectivity index (χ0) is 18.9. The largest absolute Gasteiger partial charge is 0.337 e. The summed E-state index contributed by atoms with van der Waals surface area (Å²) in [5, 5.41) is 4.10. The molecule has 0 aliphatic carbocycles. The molecule has 2 aromatic heterocycles. The van der Waals surface area contributed by atoms with E-state index in [1.54, 1.807) is 29.4 Å². The minimum Gasteiger partial charge on any atom is -0.337 e. The molecular formula is C21H17N5O2. The van der Waals surface area contributed by atoms with Gasteiger partial charge >= 0.3 is 0 Å². The number of rotatable bonds is 3. The van der Waals surface area contributed by atoms with Gasteiger partial charge in [-0.2, -0.15) is 4.98 Å². The Labute approximate surface area is 161 Å². The van der Waals surface area contributed by atoms with E-state index >= 15 is 0 Å². The Balaban J connectivity index is 1.43. The van der Waals surface area contributed by atoms with Gasteiger partial charge < -0.3 is 9.42 Å². The molecule has 5 rings (SSSR count). The average molecular weight is 371 g/mol. The minimum atomic E-state index is -0.213. The Morgan fingerprint density at radius 3 is 2.71 bits per heavy atom. The summed E-state index contributed by atoms with van der Waals surface area (Å²) in [7, 11) is 0. The van der Waals surface area contributed by atoms with Crippen molar-refractivity contribution in [3.8, 4) is 11.4 Å². The molecule has 3 heterocycles. The Morgan fingerprint density at radius 1 is 1.04 bits per heavy atom. The van der Waals surface area contributed by atoms with Gasteiger partial charge in [-0.1, -0.05) is 35.5 Å². The van der Waals surface area contributed by atoms with E-state index in [2.05, 4.69) is 20.1 Å². The molecule has 7 heteroatoms. The number of hydrogen-bond donors (Lipinski definition) is 0. The highest BCUT2D eigenvalue weighted by Crippen LogP contribution is 2.33. The van der Waals surface area contributed by atoms with Crippen molar-refractivity contribution < 1.29 is 9.32 Å². The molecule has 0 radical (unpaired) electrons. The lowest BCUT2D eigenvalue weighted by Crippen LogP contribution is -2.30. The maximum Gasteiger partial charge on any atom is 0.254 e. The number of benzene rings is 2. The molecule has 1 aliphatic rings. The predicted octanol–water partition coefficient (Wildman–Crippen LogP) is 3.66. The monoisotopic (exact) mass is 371 g/mol. The van der Waals surface area contributed by atoms with Crippen LogP contribution in [0.4, 0.5) is 0 Å². The van der Waals surface area contributed by atoms with Gasteiger partial charge in [0.05, 0.1) is 11.0 Å². The molecule has 1 saturated heterocycles. The zero-order valence-electron chi connectivity index (χ0n) is 15.0. The first-order valence-corrected chi connectivity index (χ1v) is 9.20. The Bertz CT molecular complexity index is 1140. The van der Waals surface area contributed by atoms with E-state index in [0.717, 1.165) is 23.9 Å². The number of carbonyl (C=O) groups is 1. The third kappa shape index (κ3) is 2.90. The highest BCUT2D eigenvalue weighted by atomic mass is 16.5. The summed E-state index contributed by atoms with van der Waals surface area (Å²) in [6.07, 6.45) is 4.96. The molecule has 138 valence electrons. The van der Waals surface area contributed by atoms with E-state index in [1.807, 2.05) is 36.4 Å². The minimum absolute atomic E-state index is 0.0606. The van der Waals surface area contributed by atoms with Crippen LogP contribution in [0, 0.1) is 0 Å². The van der Waals surface area contributed by atoms with Crippen molar-refractivity contribution in [1.82, 2.24) is 25.0 Å². The van der Waals surface area contributed by atoms with Gasteiger partial charge in [-0.25, -0.2) is 0 Å². The van der Waals surface area contributed by atoms with E-state index in [9.17, 15) is 4.79 Å². The molecular weight excluding hydrogens is 354 g/mol. The van der Waals surface area contributed by atoms with E-state index in [0.29, 0.717) is 29.3 Å². The van der Waals surface area contributed by atoms with Crippen LogP contribution in [0.1, 0.15) is 35.1 Å². The second-order valence-electron chi connectivity index (χ2n) is 6.74. The second-order valence-corrected chi connectivity index (χ2v) is 6.74. The second kappa shape index (κ2) is 6.84. The molecule has 28 heavy (non-hydrogen) atoms. The summed E-state index contributed by atoms with van der Waals surface area (Å²) in [6, 6.07) is 14.8. The summed E-state index contributed by atoms with van der Waals surface area (Å²) in [4.78, 5) is 28.0. The van der Waals surface area contributed by atoms with Gasteiger partial charge in [0.25, 0.3) is 5.91 Å². The molecule has 1 fully saturated rings. The molecule has 0 N–H and O–H groups in total. The van der Waals surface area contributed by atoms with Gasteiger partial charge in [0.15, 0.2) is 0 Å². The molecule has 1 amide bonds. The van der Waals surface area contributed by atoms with Crippen molar-refractivity contribution in [2.24, 2.45) is 0 Å². The van der Waals surface area contributed by atoms with Gasteiger partial charge in [-0.05, 0) is 31.0 Å². The maximum absolute atomic E-state index is 13.1. The molecule has 1 atom stereocenters. The summed E-state index contributed by atoms with van der Waals surface area (Å²) in [6.45, 7) is 0.658. The van der Waals surface area contributed by atoms with Crippen LogP contribution in [0.2, 0.25) is 0 Å².